The molecule has 164 valence electrons. The molecule has 0 spiro atoms. The van der Waals surface area contributed by atoms with Gasteiger partial charge in [-0.15, -0.1) is 0 Å². The first-order valence-electron chi connectivity index (χ1n) is 9.72. The number of aromatic nitrogens is 3. The van der Waals surface area contributed by atoms with Crippen LogP contribution in [-0.4, -0.2) is 33.6 Å². The number of imidazole rings is 1. The van der Waals surface area contributed by atoms with Crippen LogP contribution in [0.4, 0.5) is 5.69 Å². The van der Waals surface area contributed by atoms with Crippen molar-refractivity contribution in [1.82, 2.24) is 15.1 Å². The number of carbonyl (C=O) groups excluding carboxylic acids is 2. The van der Waals surface area contributed by atoms with Gasteiger partial charge in [0.25, 0.3) is 5.91 Å². The van der Waals surface area contributed by atoms with Gasteiger partial charge in [0.2, 0.25) is 0 Å². The molecule has 0 atom stereocenters. The number of aromatic amines is 2. The van der Waals surface area contributed by atoms with Crippen molar-refractivity contribution in [2.75, 3.05) is 11.9 Å². The SMILES string of the molecule is Cc1noc(C)c1COc1ccc(C(=O)OCC(=O)Nc2ccc3[nH]c(=O)[nH]c3c2)cc1. The number of rotatable bonds is 7. The summed E-state index contributed by atoms with van der Waals surface area (Å²) in [5, 5.41) is 6.49. The Bertz CT molecular complexity index is 1310. The highest BCUT2D eigenvalue weighted by molar-refractivity contribution is 5.96. The molecular formula is C22H20N4O6. The number of nitrogens with one attached hydrogen (secondary N) is 3. The van der Waals surface area contributed by atoms with Crippen LogP contribution in [0.3, 0.4) is 0 Å². The Labute approximate surface area is 181 Å². The molecule has 10 heteroatoms. The Balaban J connectivity index is 1.28. The zero-order chi connectivity index (χ0) is 22.7. The van der Waals surface area contributed by atoms with Crippen LogP contribution < -0.4 is 15.7 Å². The van der Waals surface area contributed by atoms with Crippen molar-refractivity contribution in [3.63, 3.8) is 0 Å². The van der Waals surface area contributed by atoms with E-state index in [0.717, 1.165) is 11.3 Å². The van der Waals surface area contributed by atoms with Crippen molar-refractivity contribution in [3.05, 3.63) is 75.5 Å². The topological polar surface area (TPSA) is 139 Å². The second-order valence-corrected chi connectivity index (χ2v) is 7.08. The number of anilines is 1. The Kier molecular flexibility index (Phi) is 5.75. The summed E-state index contributed by atoms with van der Waals surface area (Å²) in [6.45, 7) is 3.50. The predicted octanol–water partition coefficient (Wildman–Crippen LogP) is 2.84. The van der Waals surface area contributed by atoms with Gasteiger partial charge in [0.1, 0.15) is 18.1 Å². The molecule has 1 amide bonds. The Morgan fingerprint density at radius 2 is 1.81 bits per heavy atom. The van der Waals surface area contributed by atoms with Crippen LogP contribution in [0.15, 0.2) is 51.8 Å². The number of ether oxygens (including phenoxy) is 2. The number of hydrogen-bond acceptors (Lipinski definition) is 7. The van der Waals surface area contributed by atoms with Gasteiger partial charge in [-0.25, -0.2) is 9.59 Å². The maximum atomic E-state index is 12.2. The number of esters is 1. The predicted molar refractivity (Wildman–Crippen MR) is 115 cm³/mol. The van der Waals surface area contributed by atoms with E-state index >= 15 is 0 Å². The zero-order valence-electron chi connectivity index (χ0n) is 17.4. The molecule has 0 fully saturated rings. The molecule has 0 radical (unpaired) electrons. The number of hydrogen-bond donors (Lipinski definition) is 3. The molecule has 2 aromatic carbocycles. The summed E-state index contributed by atoms with van der Waals surface area (Å²) >= 11 is 0. The number of fused-ring (bicyclic) bond motifs is 1. The molecule has 4 rings (SSSR count). The molecule has 0 unspecified atom stereocenters. The van der Waals surface area contributed by atoms with E-state index in [0.29, 0.717) is 34.8 Å². The fourth-order valence-electron chi connectivity index (χ4n) is 3.07. The molecule has 2 aromatic heterocycles. The normalized spacial score (nSPS) is 10.8. The molecule has 4 aromatic rings. The Hall–Kier alpha value is -4.34. The standard InChI is InChI=1S/C22H20N4O6/c1-12-17(13(2)32-26-12)10-30-16-6-3-14(4-7-16)21(28)31-11-20(27)23-15-5-8-18-19(9-15)25-22(29)24-18/h3-9H,10-11H2,1-2H3,(H,23,27)(H2,24,25,29). The first-order chi connectivity index (χ1) is 15.4. The average molecular weight is 436 g/mol. The van der Waals surface area contributed by atoms with Crippen LogP contribution in [0.2, 0.25) is 0 Å². The number of aryl methyl sites for hydroxylation is 2. The van der Waals surface area contributed by atoms with Gasteiger partial charge in [0.15, 0.2) is 6.61 Å². The minimum Gasteiger partial charge on any atom is -0.489 e. The molecule has 0 aliphatic heterocycles. The van der Waals surface area contributed by atoms with Crippen molar-refractivity contribution in [1.29, 1.82) is 0 Å². The van der Waals surface area contributed by atoms with E-state index in [1.807, 2.05) is 13.8 Å². The Morgan fingerprint density at radius 3 is 2.53 bits per heavy atom. The van der Waals surface area contributed by atoms with Gasteiger partial charge in [-0.2, -0.15) is 0 Å². The molecule has 32 heavy (non-hydrogen) atoms. The van der Waals surface area contributed by atoms with E-state index in [9.17, 15) is 14.4 Å². The quantitative estimate of drug-likeness (QED) is 0.379. The van der Waals surface area contributed by atoms with E-state index in [-0.39, 0.29) is 11.3 Å². The number of amides is 1. The zero-order valence-corrected chi connectivity index (χ0v) is 17.4. The van der Waals surface area contributed by atoms with Crippen molar-refractivity contribution < 1.29 is 23.6 Å². The molecule has 0 saturated heterocycles. The van der Waals surface area contributed by atoms with Gasteiger partial charge >= 0.3 is 11.7 Å². The van der Waals surface area contributed by atoms with Gasteiger partial charge in [-0.1, -0.05) is 5.16 Å². The van der Waals surface area contributed by atoms with E-state index in [2.05, 4.69) is 20.4 Å². The smallest absolute Gasteiger partial charge is 0.338 e. The fourth-order valence-corrected chi connectivity index (χ4v) is 3.07. The summed E-state index contributed by atoms with van der Waals surface area (Å²) in [4.78, 5) is 40.8. The average Bonchev–Trinajstić information content (AvgIpc) is 3.31. The van der Waals surface area contributed by atoms with Crippen LogP contribution >= 0.6 is 0 Å². The van der Waals surface area contributed by atoms with Crippen LogP contribution in [0.5, 0.6) is 5.75 Å². The lowest BCUT2D eigenvalue weighted by Gasteiger charge is -2.08. The third-order valence-electron chi connectivity index (χ3n) is 4.79. The first-order valence-corrected chi connectivity index (χ1v) is 9.72. The van der Waals surface area contributed by atoms with Crippen LogP contribution in [0, 0.1) is 13.8 Å². The molecule has 2 heterocycles. The minimum atomic E-state index is -0.636. The van der Waals surface area contributed by atoms with Gasteiger partial charge in [-0.3, -0.25) is 4.79 Å². The lowest BCUT2D eigenvalue weighted by Crippen LogP contribution is -2.20. The lowest BCUT2D eigenvalue weighted by molar-refractivity contribution is -0.119. The number of H-pyrrole nitrogens is 2. The highest BCUT2D eigenvalue weighted by Crippen LogP contribution is 2.18. The number of nitrogens with zero attached hydrogens (tertiary/aromatic N) is 1. The Morgan fingerprint density at radius 1 is 1.06 bits per heavy atom. The largest absolute Gasteiger partial charge is 0.489 e. The molecule has 0 aliphatic carbocycles. The summed E-state index contributed by atoms with van der Waals surface area (Å²) < 4.78 is 15.9. The van der Waals surface area contributed by atoms with Gasteiger partial charge < -0.3 is 29.3 Å². The van der Waals surface area contributed by atoms with Gasteiger partial charge in [-0.05, 0) is 56.3 Å². The summed E-state index contributed by atoms with van der Waals surface area (Å²) in [5.74, 6) is 0.123. The summed E-state index contributed by atoms with van der Waals surface area (Å²) in [6.07, 6.45) is 0. The van der Waals surface area contributed by atoms with E-state index in [1.165, 1.54) is 0 Å². The fraction of sp³-hybridized carbons (Fsp3) is 0.182. The number of carbonyl (C=O) groups is 2. The minimum absolute atomic E-state index is 0.286. The molecule has 3 N–H and O–H groups in total. The van der Waals surface area contributed by atoms with Crippen molar-refractivity contribution >= 4 is 28.6 Å². The molecule has 0 bridgehead atoms. The highest BCUT2D eigenvalue weighted by atomic mass is 16.5. The van der Waals surface area contributed by atoms with Crippen molar-refractivity contribution in [3.8, 4) is 5.75 Å². The molecular weight excluding hydrogens is 416 g/mol. The second kappa shape index (κ2) is 8.80. The van der Waals surface area contributed by atoms with Crippen LogP contribution in [-0.2, 0) is 16.1 Å². The van der Waals surface area contributed by atoms with Crippen LogP contribution in [0.1, 0.15) is 27.4 Å². The summed E-state index contributed by atoms with van der Waals surface area (Å²) in [7, 11) is 0. The maximum absolute atomic E-state index is 12.2. The van der Waals surface area contributed by atoms with Crippen molar-refractivity contribution in [2.45, 2.75) is 20.5 Å². The van der Waals surface area contributed by atoms with Gasteiger partial charge in [0.05, 0.1) is 27.9 Å². The van der Waals surface area contributed by atoms with E-state index < -0.39 is 18.5 Å². The third kappa shape index (κ3) is 4.69. The number of benzene rings is 2. The monoisotopic (exact) mass is 436 g/mol. The summed E-state index contributed by atoms with van der Waals surface area (Å²) in [6, 6.07) is 11.3. The van der Waals surface area contributed by atoms with Crippen LogP contribution in [0.25, 0.3) is 11.0 Å². The molecule has 0 aliphatic rings. The lowest BCUT2D eigenvalue weighted by atomic mass is 10.2. The molecule has 0 saturated carbocycles. The van der Waals surface area contributed by atoms with E-state index in [4.69, 9.17) is 14.0 Å². The van der Waals surface area contributed by atoms with Crippen molar-refractivity contribution in [2.24, 2.45) is 0 Å². The van der Waals surface area contributed by atoms with Gasteiger partial charge in [0, 0.05) is 5.69 Å². The molecule has 10 nitrogen and oxygen atoms in total. The second-order valence-electron chi connectivity index (χ2n) is 7.08. The first kappa shape index (κ1) is 20.9. The highest BCUT2D eigenvalue weighted by Gasteiger charge is 2.13. The van der Waals surface area contributed by atoms with E-state index in [1.54, 1.807) is 42.5 Å². The maximum Gasteiger partial charge on any atom is 0.338 e. The third-order valence-corrected chi connectivity index (χ3v) is 4.79. The summed E-state index contributed by atoms with van der Waals surface area (Å²) in [5.41, 5.74) is 3.24.